The highest BCUT2D eigenvalue weighted by Crippen LogP contribution is 2.37. The van der Waals surface area contributed by atoms with Crippen LogP contribution in [0.2, 0.25) is 0 Å². The molecule has 1 aliphatic carbocycles. The third-order valence-electron chi connectivity index (χ3n) is 2.84. The molecule has 80 valence electrons. The molecule has 0 bridgehead atoms. The fourth-order valence-corrected chi connectivity index (χ4v) is 2.09. The summed E-state index contributed by atoms with van der Waals surface area (Å²) in [6.07, 6.45) is 0.166. The first-order chi connectivity index (χ1) is 6.32. The molecule has 1 unspecified atom stereocenters. The lowest BCUT2D eigenvalue weighted by molar-refractivity contribution is -0.119. The van der Waals surface area contributed by atoms with Crippen molar-refractivity contribution in [3.05, 3.63) is 0 Å². The van der Waals surface area contributed by atoms with E-state index in [1.54, 1.807) is 0 Å². The first kappa shape index (κ1) is 11.0. The van der Waals surface area contributed by atoms with E-state index < -0.39 is 12.1 Å². The number of hydrogen-bond donors (Lipinski definition) is 2. The molecule has 0 aromatic rings. The fourth-order valence-electron chi connectivity index (χ4n) is 2.09. The predicted octanol–water partition coefficient (Wildman–Crippen LogP) is 1.65. The Morgan fingerprint density at radius 3 is 2.50 bits per heavy atom. The molecular formula is C10H17NO3. The molecule has 2 N–H and O–H groups in total. The number of ketones is 1. The van der Waals surface area contributed by atoms with E-state index in [4.69, 9.17) is 5.11 Å². The molecule has 0 aromatic heterocycles. The normalized spacial score (nSPS) is 27.8. The lowest BCUT2D eigenvalue weighted by Gasteiger charge is -2.31. The highest BCUT2D eigenvalue weighted by atomic mass is 16.4. The van der Waals surface area contributed by atoms with Gasteiger partial charge in [-0.05, 0) is 17.8 Å². The maximum atomic E-state index is 11.4. The first-order valence-corrected chi connectivity index (χ1v) is 4.84. The highest BCUT2D eigenvalue weighted by molar-refractivity contribution is 5.89. The molecule has 1 saturated carbocycles. The van der Waals surface area contributed by atoms with E-state index in [-0.39, 0.29) is 17.1 Å². The van der Waals surface area contributed by atoms with Crippen LogP contribution in [0.5, 0.6) is 0 Å². The molecule has 4 heteroatoms. The third kappa shape index (κ3) is 2.25. The van der Waals surface area contributed by atoms with Gasteiger partial charge in [0.25, 0.3) is 0 Å². The summed E-state index contributed by atoms with van der Waals surface area (Å²) in [5.74, 6) is 0.137. The van der Waals surface area contributed by atoms with Gasteiger partial charge in [-0.15, -0.1) is 0 Å². The Bertz CT molecular complexity index is 255. The number of amides is 1. The van der Waals surface area contributed by atoms with Crippen molar-refractivity contribution in [2.24, 2.45) is 11.3 Å². The van der Waals surface area contributed by atoms with Crippen LogP contribution < -0.4 is 5.32 Å². The standard InChI is InChI=1S/C10H17NO3/c1-10(2,3)6-4-5-7(12)8(6)11-9(13)14/h6,8,11H,4-5H2,1-3H3,(H,13,14)/t6-,8?/m0/s1. The van der Waals surface area contributed by atoms with Crippen molar-refractivity contribution in [2.45, 2.75) is 39.7 Å². The van der Waals surface area contributed by atoms with E-state index in [2.05, 4.69) is 5.32 Å². The van der Waals surface area contributed by atoms with Crippen LogP contribution in [0, 0.1) is 11.3 Å². The van der Waals surface area contributed by atoms with Gasteiger partial charge in [0.2, 0.25) is 0 Å². The number of rotatable bonds is 1. The van der Waals surface area contributed by atoms with Gasteiger partial charge in [0, 0.05) is 6.42 Å². The first-order valence-electron chi connectivity index (χ1n) is 4.84. The van der Waals surface area contributed by atoms with Crippen LogP contribution in [0.3, 0.4) is 0 Å². The van der Waals surface area contributed by atoms with Crippen molar-refractivity contribution in [1.82, 2.24) is 5.32 Å². The topological polar surface area (TPSA) is 66.4 Å². The van der Waals surface area contributed by atoms with Crippen molar-refractivity contribution in [3.63, 3.8) is 0 Å². The number of Topliss-reactive ketones (excluding diaryl/α,β-unsaturated/α-hetero) is 1. The van der Waals surface area contributed by atoms with Crippen LogP contribution in [0.15, 0.2) is 0 Å². The maximum Gasteiger partial charge on any atom is 0.405 e. The smallest absolute Gasteiger partial charge is 0.405 e. The quantitative estimate of drug-likeness (QED) is 0.674. The molecule has 1 rings (SSSR count). The van der Waals surface area contributed by atoms with Crippen LogP contribution in [0.1, 0.15) is 33.6 Å². The summed E-state index contributed by atoms with van der Waals surface area (Å²) in [6.45, 7) is 6.10. The minimum Gasteiger partial charge on any atom is -0.465 e. The van der Waals surface area contributed by atoms with Crippen molar-refractivity contribution >= 4 is 11.9 Å². The molecule has 1 amide bonds. The number of carbonyl (C=O) groups excluding carboxylic acids is 1. The Kier molecular flexibility index (Phi) is 2.83. The van der Waals surface area contributed by atoms with Crippen LogP contribution in [0.4, 0.5) is 4.79 Å². The summed E-state index contributed by atoms with van der Waals surface area (Å²) in [4.78, 5) is 22.0. The third-order valence-corrected chi connectivity index (χ3v) is 2.84. The van der Waals surface area contributed by atoms with E-state index in [9.17, 15) is 9.59 Å². The predicted molar refractivity (Wildman–Crippen MR) is 52.1 cm³/mol. The van der Waals surface area contributed by atoms with Crippen LogP contribution in [-0.2, 0) is 4.79 Å². The Labute approximate surface area is 83.7 Å². The van der Waals surface area contributed by atoms with E-state index in [1.807, 2.05) is 20.8 Å². The van der Waals surface area contributed by atoms with Gasteiger partial charge in [-0.1, -0.05) is 20.8 Å². The Morgan fingerprint density at radius 2 is 2.07 bits per heavy atom. The van der Waals surface area contributed by atoms with Crippen LogP contribution in [-0.4, -0.2) is 23.0 Å². The molecule has 2 atom stereocenters. The fraction of sp³-hybridized carbons (Fsp3) is 0.800. The zero-order valence-electron chi connectivity index (χ0n) is 8.83. The molecular weight excluding hydrogens is 182 g/mol. The van der Waals surface area contributed by atoms with Crippen LogP contribution >= 0.6 is 0 Å². The molecule has 4 nitrogen and oxygen atoms in total. The van der Waals surface area contributed by atoms with E-state index in [1.165, 1.54) is 0 Å². The zero-order chi connectivity index (χ0) is 10.9. The molecule has 0 heterocycles. The monoisotopic (exact) mass is 199 g/mol. The van der Waals surface area contributed by atoms with Gasteiger partial charge in [-0.2, -0.15) is 0 Å². The highest BCUT2D eigenvalue weighted by Gasteiger charge is 2.41. The Morgan fingerprint density at radius 1 is 1.50 bits per heavy atom. The maximum absolute atomic E-state index is 11.4. The molecule has 0 spiro atoms. The second-order valence-corrected chi connectivity index (χ2v) is 4.90. The van der Waals surface area contributed by atoms with Gasteiger partial charge < -0.3 is 10.4 Å². The Balaban J connectivity index is 2.77. The van der Waals surface area contributed by atoms with Gasteiger partial charge >= 0.3 is 6.09 Å². The van der Waals surface area contributed by atoms with Crippen molar-refractivity contribution in [1.29, 1.82) is 0 Å². The van der Waals surface area contributed by atoms with Gasteiger partial charge in [-0.3, -0.25) is 4.79 Å². The largest absolute Gasteiger partial charge is 0.465 e. The lowest BCUT2D eigenvalue weighted by atomic mass is 9.77. The lowest BCUT2D eigenvalue weighted by Crippen LogP contribution is -2.45. The minimum atomic E-state index is -1.11. The second kappa shape index (κ2) is 3.59. The van der Waals surface area contributed by atoms with Crippen molar-refractivity contribution in [2.75, 3.05) is 0 Å². The molecule has 14 heavy (non-hydrogen) atoms. The van der Waals surface area contributed by atoms with E-state index >= 15 is 0 Å². The van der Waals surface area contributed by atoms with Gasteiger partial charge in [0.15, 0.2) is 5.78 Å². The van der Waals surface area contributed by atoms with Gasteiger partial charge in [0.05, 0.1) is 6.04 Å². The Hall–Kier alpha value is -1.06. The van der Waals surface area contributed by atoms with E-state index in [0.717, 1.165) is 6.42 Å². The number of carboxylic acid groups (broad SMARTS) is 1. The molecule has 0 radical (unpaired) electrons. The molecule has 1 fully saturated rings. The summed E-state index contributed by atoms with van der Waals surface area (Å²) in [5.41, 5.74) is -0.0285. The van der Waals surface area contributed by atoms with E-state index in [0.29, 0.717) is 6.42 Å². The molecule has 0 aromatic carbocycles. The molecule has 0 saturated heterocycles. The summed E-state index contributed by atoms with van der Waals surface area (Å²) >= 11 is 0. The zero-order valence-corrected chi connectivity index (χ0v) is 8.83. The molecule has 0 aliphatic heterocycles. The number of nitrogens with one attached hydrogen (secondary N) is 1. The SMILES string of the molecule is CC(C)(C)[C@H]1CCC(=O)C1NC(=O)O. The summed E-state index contributed by atoms with van der Waals surface area (Å²) < 4.78 is 0. The summed E-state index contributed by atoms with van der Waals surface area (Å²) in [5, 5.41) is 10.9. The van der Waals surface area contributed by atoms with Gasteiger partial charge in [-0.25, -0.2) is 4.79 Å². The minimum absolute atomic E-state index is 0.0207. The van der Waals surface area contributed by atoms with Crippen LogP contribution in [0.25, 0.3) is 0 Å². The summed E-state index contributed by atoms with van der Waals surface area (Å²) in [7, 11) is 0. The average Bonchev–Trinajstić information content (AvgIpc) is 2.30. The number of hydrogen-bond acceptors (Lipinski definition) is 2. The van der Waals surface area contributed by atoms with Crippen molar-refractivity contribution < 1.29 is 14.7 Å². The second-order valence-electron chi connectivity index (χ2n) is 4.90. The number of carbonyl (C=O) groups is 2. The summed E-state index contributed by atoms with van der Waals surface area (Å²) in [6, 6.07) is -0.507. The molecule has 1 aliphatic rings. The average molecular weight is 199 g/mol. The van der Waals surface area contributed by atoms with Crippen molar-refractivity contribution in [3.8, 4) is 0 Å². The van der Waals surface area contributed by atoms with Gasteiger partial charge in [0.1, 0.15) is 0 Å².